The van der Waals surface area contributed by atoms with E-state index in [1.54, 1.807) is 0 Å². The van der Waals surface area contributed by atoms with Crippen molar-refractivity contribution in [2.24, 2.45) is 0 Å². The second-order valence-corrected chi connectivity index (χ2v) is 6.46. The molecule has 21 heavy (non-hydrogen) atoms. The number of aromatic nitrogens is 1. The summed E-state index contributed by atoms with van der Waals surface area (Å²) in [5.74, 6) is 0. The van der Waals surface area contributed by atoms with Crippen LogP contribution < -0.4 is 5.32 Å². The number of piperazine rings is 1. The summed E-state index contributed by atoms with van der Waals surface area (Å²) in [6.45, 7) is 6.27. The van der Waals surface area contributed by atoms with E-state index < -0.39 is 0 Å². The van der Waals surface area contributed by atoms with Crippen LogP contribution in [0.3, 0.4) is 0 Å². The molecule has 110 valence electrons. The van der Waals surface area contributed by atoms with E-state index in [0.717, 1.165) is 30.7 Å². The first-order valence-corrected chi connectivity index (χ1v) is 8.13. The number of hydrogen-bond donors (Lipinski definition) is 1. The Labute approximate surface area is 134 Å². The average Bonchev–Trinajstić information content (AvgIpc) is 2.51. The minimum Gasteiger partial charge on any atom is -0.314 e. The fraction of sp³-hybridized carbons (Fsp3) is 0.353. The summed E-state index contributed by atoms with van der Waals surface area (Å²) < 4.78 is 1.15. The summed E-state index contributed by atoms with van der Waals surface area (Å²) in [7, 11) is 0. The van der Waals surface area contributed by atoms with E-state index in [1.807, 2.05) is 18.5 Å². The van der Waals surface area contributed by atoms with Gasteiger partial charge in [0.05, 0.1) is 0 Å². The number of aryl methyl sites for hydroxylation is 1. The molecule has 2 aromatic rings. The van der Waals surface area contributed by atoms with Gasteiger partial charge < -0.3 is 5.32 Å². The van der Waals surface area contributed by atoms with Crippen molar-refractivity contribution in [3.8, 4) is 0 Å². The SMILES string of the molecule is Cc1cc(Br)ccc1CN1CCNCC1c1cccnc1. The van der Waals surface area contributed by atoms with Crippen LogP contribution in [0.25, 0.3) is 0 Å². The highest BCUT2D eigenvalue weighted by Crippen LogP contribution is 2.25. The lowest BCUT2D eigenvalue weighted by molar-refractivity contribution is 0.153. The first-order chi connectivity index (χ1) is 10.2. The number of hydrogen-bond acceptors (Lipinski definition) is 3. The van der Waals surface area contributed by atoms with E-state index in [2.05, 4.69) is 62.3 Å². The molecule has 1 aromatic carbocycles. The highest BCUT2D eigenvalue weighted by molar-refractivity contribution is 9.10. The molecule has 0 aliphatic carbocycles. The van der Waals surface area contributed by atoms with E-state index in [1.165, 1.54) is 16.7 Å². The average molecular weight is 346 g/mol. The number of pyridine rings is 1. The molecule has 0 bridgehead atoms. The number of nitrogens with zero attached hydrogens (tertiary/aromatic N) is 2. The molecule has 1 aliphatic heterocycles. The molecule has 4 heteroatoms. The van der Waals surface area contributed by atoms with Gasteiger partial charge in [-0.05, 0) is 41.8 Å². The Balaban J connectivity index is 1.81. The second kappa shape index (κ2) is 6.69. The van der Waals surface area contributed by atoms with Gasteiger partial charge in [-0.3, -0.25) is 9.88 Å². The first-order valence-electron chi connectivity index (χ1n) is 7.34. The molecule has 1 saturated heterocycles. The second-order valence-electron chi connectivity index (χ2n) is 5.55. The van der Waals surface area contributed by atoms with Crippen molar-refractivity contribution in [2.75, 3.05) is 19.6 Å². The molecule has 1 fully saturated rings. The van der Waals surface area contributed by atoms with Crippen LogP contribution in [-0.2, 0) is 6.54 Å². The topological polar surface area (TPSA) is 28.2 Å². The van der Waals surface area contributed by atoms with Crippen molar-refractivity contribution in [1.82, 2.24) is 15.2 Å². The van der Waals surface area contributed by atoms with Gasteiger partial charge in [0.1, 0.15) is 0 Å². The third kappa shape index (κ3) is 3.51. The largest absolute Gasteiger partial charge is 0.314 e. The molecule has 2 heterocycles. The quantitative estimate of drug-likeness (QED) is 0.924. The van der Waals surface area contributed by atoms with Gasteiger partial charge in [0, 0.05) is 49.1 Å². The van der Waals surface area contributed by atoms with Crippen LogP contribution in [0.1, 0.15) is 22.7 Å². The van der Waals surface area contributed by atoms with Crippen molar-refractivity contribution in [3.63, 3.8) is 0 Å². The van der Waals surface area contributed by atoms with Gasteiger partial charge in [0.15, 0.2) is 0 Å². The molecular formula is C17H20BrN3. The van der Waals surface area contributed by atoms with Crippen molar-refractivity contribution >= 4 is 15.9 Å². The number of halogens is 1. The third-order valence-electron chi connectivity index (χ3n) is 4.10. The van der Waals surface area contributed by atoms with Crippen LogP contribution in [0.15, 0.2) is 47.2 Å². The molecule has 3 rings (SSSR count). The molecule has 1 aromatic heterocycles. The lowest BCUT2D eigenvalue weighted by Crippen LogP contribution is -2.45. The zero-order chi connectivity index (χ0) is 14.7. The van der Waals surface area contributed by atoms with Gasteiger partial charge in [-0.15, -0.1) is 0 Å². The van der Waals surface area contributed by atoms with Gasteiger partial charge in [-0.25, -0.2) is 0 Å². The summed E-state index contributed by atoms with van der Waals surface area (Å²) in [5.41, 5.74) is 4.03. The Kier molecular flexibility index (Phi) is 4.68. The Morgan fingerprint density at radius 2 is 2.29 bits per heavy atom. The summed E-state index contributed by atoms with van der Waals surface area (Å²) in [5, 5.41) is 3.50. The number of benzene rings is 1. The number of rotatable bonds is 3. The minimum absolute atomic E-state index is 0.399. The molecule has 1 N–H and O–H groups in total. The monoisotopic (exact) mass is 345 g/mol. The first kappa shape index (κ1) is 14.7. The summed E-state index contributed by atoms with van der Waals surface area (Å²) in [4.78, 5) is 6.82. The summed E-state index contributed by atoms with van der Waals surface area (Å²) >= 11 is 3.54. The maximum absolute atomic E-state index is 4.27. The molecule has 1 unspecified atom stereocenters. The smallest absolute Gasteiger partial charge is 0.0491 e. The molecular weight excluding hydrogens is 326 g/mol. The van der Waals surface area contributed by atoms with Crippen molar-refractivity contribution in [2.45, 2.75) is 19.5 Å². The molecule has 1 atom stereocenters. The Morgan fingerprint density at radius 3 is 3.05 bits per heavy atom. The Morgan fingerprint density at radius 1 is 1.38 bits per heavy atom. The van der Waals surface area contributed by atoms with Crippen LogP contribution in [0, 0.1) is 6.92 Å². The van der Waals surface area contributed by atoms with Crippen LogP contribution in [-0.4, -0.2) is 29.5 Å². The Bertz CT molecular complexity index is 600. The van der Waals surface area contributed by atoms with Gasteiger partial charge in [-0.1, -0.05) is 28.1 Å². The van der Waals surface area contributed by atoms with E-state index in [9.17, 15) is 0 Å². The lowest BCUT2D eigenvalue weighted by atomic mass is 10.0. The zero-order valence-electron chi connectivity index (χ0n) is 12.2. The normalized spacial score (nSPS) is 19.6. The standard InChI is InChI=1S/C17H20BrN3/c1-13-9-16(18)5-4-15(13)12-21-8-7-20-11-17(21)14-3-2-6-19-10-14/h2-6,9-10,17,20H,7-8,11-12H2,1H3. The fourth-order valence-electron chi connectivity index (χ4n) is 2.89. The predicted octanol–water partition coefficient (Wildman–Crippen LogP) is 3.30. The maximum Gasteiger partial charge on any atom is 0.0491 e. The molecule has 0 spiro atoms. The molecule has 0 saturated carbocycles. The van der Waals surface area contributed by atoms with Crippen LogP contribution in [0.4, 0.5) is 0 Å². The van der Waals surface area contributed by atoms with Crippen LogP contribution in [0.5, 0.6) is 0 Å². The van der Waals surface area contributed by atoms with Gasteiger partial charge in [0.25, 0.3) is 0 Å². The van der Waals surface area contributed by atoms with Gasteiger partial charge >= 0.3 is 0 Å². The highest BCUT2D eigenvalue weighted by atomic mass is 79.9. The zero-order valence-corrected chi connectivity index (χ0v) is 13.8. The van der Waals surface area contributed by atoms with E-state index in [-0.39, 0.29) is 0 Å². The molecule has 0 amide bonds. The van der Waals surface area contributed by atoms with Crippen molar-refractivity contribution in [1.29, 1.82) is 0 Å². The van der Waals surface area contributed by atoms with E-state index in [0.29, 0.717) is 6.04 Å². The van der Waals surface area contributed by atoms with Crippen molar-refractivity contribution in [3.05, 3.63) is 63.9 Å². The Hall–Kier alpha value is -1.23. The van der Waals surface area contributed by atoms with E-state index in [4.69, 9.17) is 0 Å². The maximum atomic E-state index is 4.27. The molecule has 1 aliphatic rings. The lowest BCUT2D eigenvalue weighted by Gasteiger charge is -2.36. The fourth-order valence-corrected chi connectivity index (χ4v) is 3.37. The third-order valence-corrected chi connectivity index (χ3v) is 4.59. The van der Waals surface area contributed by atoms with Gasteiger partial charge in [0.2, 0.25) is 0 Å². The summed E-state index contributed by atoms with van der Waals surface area (Å²) in [6, 6.07) is 11.1. The van der Waals surface area contributed by atoms with Crippen molar-refractivity contribution < 1.29 is 0 Å². The minimum atomic E-state index is 0.399. The van der Waals surface area contributed by atoms with Gasteiger partial charge in [-0.2, -0.15) is 0 Å². The molecule has 0 radical (unpaired) electrons. The predicted molar refractivity (Wildman–Crippen MR) is 89.1 cm³/mol. The van der Waals surface area contributed by atoms with Crippen LogP contribution in [0.2, 0.25) is 0 Å². The molecule has 3 nitrogen and oxygen atoms in total. The van der Waals surface area contributed by atoms with Crippen LogP contribution >= 0.6 is 15.9 Å². The van der Waals surface area contributed by atoms with E-state index >= 15 is 0 Å². The number of nitrogens with one attached hydrogen (secondary N) is 1. The highest BCUT2D eigenvalue weighted by Gasteiger charge is 2.24. The summed E-state index contributed by atoms with van der Waals surface area (Å²) in [6.07, 6.45) is 3.82.